The molecule has 1 aromatic rings. The highest BCUT2D eigenvalue weighted by molar-refractivity contribution is 7.89. The first-order valence-corrected chi connectivity index (χ1v) is 7.28. The summed E-state index contributed by atoms with van der Waals surface area (Å²) in [6, 6.07) is 3.70. The molecule has 1 heterocycles. The number of aromatic hydroxyl groups is 1. The van der Waals surface area contributed by atoms with Gasteiger partial charge in [0.1, 0.15) is 11.4 Å². The molecule has 1 saturated heterocycles. The number of amides is 1. The molecule has 2 rings (SSSR count). The fourth-order valence-corrected chi connectivity index (χ4v) is 3.09. The maximum atomic E-state index is 13.6. The number of hydrogen-bond donors (Lipinski definition) is 2. The van der Waals surface area contributed by atoms with Crippen molar-refractivity contribution in [2.75, 3.05) is 17.2 Å². The molecule has 8 heteroatoms. The molecule has 6 nitrogen and oxygen atoms in total. The number of halogens is 1. The summed E-state index contributed by atoms with van der Waals surface area (Å²) in [5, 5.41) is 14.5. The van der Waals surface area contributed by atoms with Crippen molar-refractivity contribution in [3.8, 4) is 5.75 Å². The Morgan fingerprint density at radius 2 is 2.16 bits per heavy atom. The first-order chi connectivity index (χ1) is 8.78. The number of nitrogens with zero attached hydrogens (tertiary/aromatic N) is 1. The number of benzene rings is 1. The zero-order valence-electron chi connectivity index (χ0n) is 9.91. The van der Waals surface area contributed by atoms with Crippen molar-refractivity contribution >= 4 is 21.6 Å². The number of carbonyl (C=O) groups is 1. The van der Waals surface area contributed by atoms with Crippen LogP contribution in [-0.2, 0) is 14.8 Å². The van der Waals surface area contributed by atoms with Gasteiger partial charge in [-0.25, -0.2) is 17.9 Å². The first-order valence-electron chi connectivity index (χ1n) is 5.56. The largest absolute Gasteiger partial charge is 0.506 e. The molecule has 0 aromatic heterocycles. The van der Waals surface area contributed by atoms with Gasteiger partial charge in [-0.15, -0.1) is 0 Å². The number of phenolic OH excluding ortho intramolecular Hbond substituents is 1. The normalized spacial score (nSPS) is 20.0. The van der Waals surface area contributed by atoms with Crippen LogP contribution in [0.2, 0.25) is 0 Å². The van der Waals surface area contributed by atoms with Gasteiger partial charge in [0.2, 0.25) is 15.9 Å². The molecule has 1 aromatic carbocycles. The van der Waals surface area contributed by atoms with Crippen LogP contribution < -0.4 is 10.0 Å². The van der Waals surface area contributed by atoms with Crippen molar-refractivity contribution in [3.63, 3.8) is 0 Å². The van der Waals surface area contributed by atoms with Crippen LogP contribution in [0.1, 0.15) is 6.42 Å². The number of rotatable bonds is 3. The van der Waals surface area contributed by atoms with E-state index in [0.717, 1.165) is 11.0 Å². The van der Waals surface area contributed by atoms with E-state index in [4.69, 9.17) is 5.14 Å². The van der Waals surface area contributed by atoms with Crippen LogP contribution in [0.25, 0.3) is 0 Å². The van der Waals surface area contributed by atoms with Crippen molar-refractivity contribution in [1.29, 1.82) is 0 Å². The van der Waals surface area contributed by atoms with Crippen molar-refractivity contribution in [2.45, 2.75) is 6.42 Å². The summed E-state index contributed by atoms with van der Waals surface area (Å²) in [5.74, 6) is -2.37. The molecule has 0 bridgehead atoms. The second-order valence-corrected chi connectivity index (χ2v) is 6.17. The van der Waals surface area contributed by atoms with Gasteiger partial charge < -0.3 is 10.0 Å². The van der Waals surface area contributed by atoms with Gasteiger partial charge in [-0.2, -0.15) is 0 Å². The van der Waals surface area contributed by atoms with E-state index in [0.29, 0.717) is 0 Å². The summed E-state index contributed by atoms with van der Waals surface area (Å²) in [6.45, 7) is 0.0176. The smallest absolute Gasteiger partial charge is 0.227 e. The zero-order chi connectivity index (χ0) is 14.2. The Hall–Kier alpha value is -1.67. The Kier molecular flexibility index (Phi) is 3.46. The minimum atomic E-state index is -3.69. The Balaban J connectivity index is 2.26. The van der Waals surface area contributed by atoms with Gasteiger partial charge in [-0.3, -0.25) is 4.79 Å². The molecule has 0 radical (unpaired) electrons. The number of sulfonamides is 1. The lowest BCUT2D eigenvalue weighted by Gasteiger charge is -2.18. The van der Waals surface area contributed by atoms with Gasteiger partial charge in [0, 0.05) is 18.9 Å². The van der Waals surface area contributed by atoms with Crippen LogP contribution in [0.3, 0.4) is 0 Å². The summed E-state index contributed by atoms with van der Waals surface area (Å²) < 4.78 is 35.6. The second kappa shape index (κ2) is 4.78. The quantitative estimate of drug-likeness (QED) is 0.828. The Morgan fingerprint density at radius 1 is 1.47 bits per heavy atom. The van der Waals surface area contributed by atoms with Gasteiger partial charge in [0.25, 0.3) is 0 Å². The molecule has 1 aliphatic heterocycles. The van der Waals surface area contributed by atoms with Crippen LogP contribution in [0, 0.1) is 11.7 Å². The fraction of sp³-hybridized carbons (Fsp3) is 0.364. The molecule has 0 aliphatic carbocycles. The number of anilines is 1. The van der Waals surface area contributed by atoms with Gasteiger partial charge in [0.15, 0.2) is 5.82 Å². The molecular weight excluding hydrogens is 275 g/mol. The van der Waals surface area contributed by atoms with E-state index in [1.54, 1.807) is 0 Å². The van der Waals surface area contributed by atoms with Gasteiger partial charge >= 0.3 is 0 Å². The minimum absolute atomic E-state index is 0.0176. The third-order valence-electron chi connectivity index (χ3n) is 2.91. The van der Waals surface area contributed by atoms with Crippen LogP contribution in [0.4, 0.5) is 10.1 Å². The lowest BCUT2D eigenvalue weighted by molar-refractivity contribution is -0.117. The molecule has 1 fully saturated rings. The van der Waals surface area contributed by atoms with Gasteiger partial charge in [-0.05, 0) is 12.1 Å². The zero-order valence-corrected chi connectivity index (χ0v) is 10.7. The van der Waals surface area contributed by atoms with Crippen LogP contribution in [-0.4, -0.2) is 31.7 Å². The lowest BCUT2D eigenvalue weighted by Crippen LogP contribution is -2.28. The minimum Gasteiger partial charge on any atom is -0.506 e. The maximum absolute atomic E-state index is 13.6. The molecule has 19 heavy (non-hydrogen) atoms. The molecule has 1 unspecified atom stereocenters. The molecule has 1 aliphatic rings. The second-order valence-electron chi connectivity index (χ2n) is 4.51. The number of phenols is 1. The Bertz CT molecular complexity index is 597. The van der Waals surface area contributed by atoms with Crippen molar-refractivity contribution in [2.24, 2.45) is 11.1 Å². The number of hydrogen-bond acceptors (Lipinski definition) is 4. The first kappa shape index (κ1) is 13.8. The highest BCUT2D eigenvalue weighted by Crippen LogP contribution is 2.34. The summed E-state index contributed by atoms with van der Waals surface area (Å²) >= 11 is 0. The predicted molar refractivity (Wildman–Crippen MR) is 66.5 cm³/mol. The number of para-hydroxylation sites is 1. The van der Waals surface area contributed by atoms with Crippen LogP contribution >= 0.6 is 0 Å². The maximum Gasteiger partial charge on any atom is 0.227 e. The van der Waals surface area contributed by atoms with Crippen LogP contribution in [0.5, 0.6) is 5.75 Å². The molecule has 3 N–H and O–H groups in total. The number of carbonyl (C=O) groups excluding carboxylic acids is 1. The summed E-state index contributed by atoms with van der Waals surface area (Å²) in [7, 11) is -3.69. The topological polar surface area (TPSA) is 101 Å². The van der Waals surface area contributed by atoms with E-state index in [9.17, 15) is 22.7 Å². The van der Waals surface area contributed by atoms with Gasteiger partial charge in [-0.1, -0.05) is 6.07 Å². The highest BCUT2D eigenvalue weighted by atomic mass is 32.2. The predicted octanol–water partition coefficient (Wildman–Crippen LogP) is 0.173. The molecule has 0 spiro atoms. The molecular formula is C11H13FN2O4S. The van der Waals surface area contributed by atoms with Crippen molar-refractivity contribution in [1.82, 2.24) is 0 Å². The standard InChI is InChI=1S/C11H13FN2O4S/c12-8-2-1-3-9(15)11(8)14-5-7(4-10(14)16)6-19(13,17)18/h1-3,7,15H,4-6H2,(H2,13,17,18). The number of primary sulfonamides is 1. The van der Waals surface area contributed by atoms with Crippen molar-refractivity contribution in [3.05, 3.63) is 24.0 Å². The van der Waals surface area contributed by atoms with E-state index >= 15 is 0 Å². The van der Waals surface area contributed by atoms with E-state index in [1.807, 2.05) is 0 Å². The Labute approximate surface area is 109 Å². The fourth-order valence-electron chi connectivity index (χ4n) is 2.21. The lowest BCUT2D eigenvalue weighted by atomic mass is 10.1. The average Bonchev–Trinajstić information content (AvgIpc) is 2.56. The third kappa shape index (κ3) is 3.02. The molecule has 1 amide bonds. The molecule has 1 atom stereocenters. The molecule has 104 valence electrons. The van der Waals surface area contributed by atoms with E-state index < -0.39 is 27.7 Å². The monoisotopic (exact) mass is 288 g/mol. The summed E-state index contributed by atoms with van der Waals surface area (Å²) in [5.41, 5.74) is -0.218. The highest BCUT2D eigenvalue weighted by Gasteiger charge is 2.35. The van der Waals surface area contributed by atoms with E-state index in [-0.39, 0.29) is 30.2 Å². The molecule has 0 saturated carbocycles. The SMILES string of the molecule is NS(=O)(=O)CC1CC(=O)N(c2c(O)cccc2F)C1. The van der Waals surface area contributed by atoms with Crippen LogP contribution in [0.15, 0.2) is 18.2 Å². The number of nitrogens with two attached hydrogens (primary N) is 1. The van der Waals surface area contributed by atoms with E-state index in [2.05, 4.69) is 0 Å². The summed E-state index contributed by atoms with van der Waals surface area (Å²) in [6.07, 6.45) is -0.0375. The van der Waals surface area contributed by atoms with Crippen molar-refractivity contribution < 1.29 is 22.7 Å². The summed E-state index contributed by atoms with van der Waals surface area (Å²) in [4.78, 5) is 12.8. The van der Waals surface area contributed by atoms with E-state index in [1.165, 1.54) is 12.1 Å². The Morgan fingerprint density at radius 3 is 2.74 bits per heavy atom. The van der Waals surface area contributed by atoms with Gasteiger partial charge in [0.05, 0.1) is 5.75 Å². The average molecular weight is 288 g/mol. The third-order valence-corrected chi connectivity index (χ3v) is 3.84.